The second-order valence-electron chi connectivity index (χ2n) is 12.8. The predicted octanol–water partition coefficient (Wildman–Crippen LogP) is 8.80. The lowest BCUT2D eigenvalue weighted by Crippen LogP contribution is -2.36. The minimum absolute atomic E-state index is 0.0184. The molecule has 0 aliphatic heterocycles. The Bertz CT molecular complexity index is 1690. The molecule has 0 unspecified atom stereocenters. The van der Waals surface area contributed by atoms with Crippen LogP contribution in [0.4, 0.5) is 13.2 Å². The number of carboxylic acids is 1. The van der Waals surface area contributed by atoms with Crippen LogP contribution in [0.3, 0.4) is 0 Å². The molecule has 1 amide bonds. The highest BCUT2D eigenvalue weighted by atomic mass is 19.4. The van der Waals surface area contributed by atoms with Crippen LogP contribution >= 0.6 is 0 Å². The van der Waals surface area contributed by atoms with E-state index in [0.29, 0.717) is 29.5 Å². The molecule has 0 spiro atoms. The Morgan fingerprint density at radius 3 is 2.24 bits per heavy atom. The Balaban J connectivity index is 1.48. The zero-order valence-corrected chi connectivity index (χ0v) is 25.7. The first kappa shape index (κ1) is 32.0. The van der Waals surface area contributed by atoms with E-state index >= 15 is 0 Å². The van der Waals surface area contributed by atoms with Gasteiger partial charge in [-0.15, -0.1) is 0 Å². The third-order valence-electron chi connectivity index (χ3n) is 8.26. The molecule has 0 atom stereocenters. The number of alkyl halides is 3. The standard InChI is InChI=1S/C36H37F3N2O4/c1-35(2,3)26-12-15-28(16-13-26)45-29-14-11-25-19-32(40-31(30(25)20-29)18-23-7-4-5-8-23)34(44)41(22-33(42)43)21-24-9-6-10-27(17-24)36(37,38)39/h6,9-17,19-20,23H,4-5,7-8,18,21-22H2,1-3H3,(H,42,43). The van der Waals surface area contributed by atoms with Crippen molar-refractivity contribution in [1.29, 1.82) is 0 Å². The van der Waals surface area contributed by atoms with Gasteiger partial charge in [-0.3, -0.25) is 9.59 Å². The Kier molecular flexibility index (Phi) is 9.18. The van der Waals surface area contributed by atoms with Gasteiger partial charge in [0.05, 0.1) is 5.56 Å². The molecule has 1 saturated carbocycles. The number of aromatic nitrogens is 1. The third-order valence-corrected chi connectivity index (χ3v) is 8.26. The summed E-state index contributed by atoms with van der Waals surface area (Å²) in [6.45, 7) is 5.45. The number of nitrogens with zero attached hydrogens (tertiary/aromatic N) is 2. The van der Waals surface area contributed by atoms with Gasteiger partial charge in [-0.05, 0) is 76.7 Å². The van der Waals surface area contributed by atoms with Crippen molar-refractivity contribution in [3.8, 4) is 11.5 Å². The van der Waals surface area contributed by atoms with Crippen LogP contribution in [0.1, 0.15) is 79.3 Å². The number of amides is 1. The maximum atomic E-state index is 13.8. The molecule has 1 heterocycles. The first-order chi connectivity index (χ1) is 21.3. The van der Waals surface area contributed by atoms with Crippen molar-refractivity contribution >= 4 is 22.6 Å². The summed E-state index contributed by atoms with van der Waals surface area (Å²) in [7, 11) is 0. The maximum absolute atomic E-state index is 13.8. The van der Waals surface area contributed by atoms with Gasteiger partial charge in [0.2, 0.25) is 0 Å². The van der Waals surface area contributed by atoms with E-state index in [4.69, 9.17) is 9.72 Å². The number of carbonyl (C=O) groups excluding carboxylic acids is 1. The first-order valence-corrected chi connectivity index (χ1v) is 15.2. The molecule has 3 aromatic carbocycles. The molecule has 45 heavy (non-hydrogen) atoms. The molecule has 9 heteroatoms. The predicted molar refractivity (Wildman–Crippen MR) is 166 cm³/mol. The fraction of sp³-hybridized carbons (Fsp3) is 0.361. The first-order valence-electron chi connectivity index (χ1n) is 15.2. The summed E-state index contributed by atoms with van der Waals surface area (Å²) in [5.41, 5.74) is 1.28. The molecule has 0 bridgehead atoms. The van der Waals surface area contributed by atoms with Crippen LogP contribution in [0, 0.1) is 5.92 Å². The van der Waals surface area contributed by atoms with Crippen LogP contribution in [-0.2, 0) is 29.4 Å². The van der Waals surface area contributed by atoms with Gasteiger partial charge >= 0.3 is 12.1 Å². The van der Waals surface area contributed by atoms with E-state index in [1.54, 1.807) is 6.07 Å². The normalized spacial score (nSPS) is 14.1. The third kappa shape index (κ3) is 8.01. The Morgan fingerprint density at radius 1 is 0.911 bits per heavy atom. The minimum atomic E-state index is -4.56. The second-order valence-corrected chi connectivity index (χ2v) is 12.8. The van der Waals surface area contributed by atoms with Gasteiger partial charge in [0.1, 0.15) is 23.7 Å². The van der Waals surface area contributed by atoms with Crippen molar-refractivity contribution in [3.05, 3.63) is 101 Å². The topological polar surface area (TPSA) is 79.7 Å². The molecule has 4 aromatic rings. The number of aliphatic carboxylic acids is 1. The van der Waals surface area contributed by atoms with E-state index in [1.165, 1.54) is 17.7 Å². The summed E-state index contributed by atoms with van der Waals surface area (Å²) in [6.07, 6.45) is 0.447. The average Bonchev–Trinajstić information content (AvgIpc) is 3.49. The molecule has 1 N–H and O–H groups in total. The molecule has 1 fully saturated rings. The van der Waals surface area contributed by atoms with Crippen molar-refractivity contribution in [3.63, 3.8) is 0 Å². The molecule has 1 aliphatic rings. The monoisotopic (exact) mass is 618 g/mol. The van der Waals surface area contributed by atoms with Gasteiger partial charge in [-0.25, -0.2) is 4.98 Å². The highest BCUT2D eigenvalue weighted by molar-refractivity contribution is 5.98. The van der Waals surface area contributed by atoms with Crippen molar-refractivity contribution in [2.24, 2.45) is 5.92 Å². The minimum Gasteiger partial charge on any atom is -0.480 e. The van der Waals surface area contributed by atoms with Gasteiger partial charge in [0.25, 0.3) is 5.91 Å². The summed E-state index contributed by atoms with van der Waals surface area (Å²) in [6, 6.07) is 19.7. The quantitative estimate of drug-likeness (QED) is 0.203. The number of ether oxygens (including phenoxy) is 1. The van der Waals surface area contributed by atoms with Gasteiger partial charge in [0.15, 0.2) is 0 Å². The van der Waals surface area contributed by atoms with Gasteiger partial charge < -0.3 is 14.7 Å². The van der Waals surface area contributed by atoms with E-state index in [2.05, 4.69) is 20.8 Å². The number of carbonyl (C=O) groups is 2. The number of rotatable bonds is 9. The zero-order valence-electron chi connectivity index (χ0n) is 25.7. The molecular formula is C36H37F3N2O4. The second kappa shape index (κ2) is 12.9. The molecule has 236 valence electrons. The van der Waals surface area contributed by atoms with E-state index in [9.17, 15) is 27.9 Å². The lowest BCUT2D eigenvalue weighted by atomic mass is 9.87. The largest absolute Gasteiger partial charge is 0.480 e. The molecule has 0 radical (unpaired) electrons. The summed E-state index contributed by atoms with van der Waals surface area (Å²) in [5, 5.41) is 11.1. The number of fused-ring (bicyclic) bond motifs is 1. The fourth-order valence-corrected chi connectivity index (χ4v) is 5.86. The number of pyridine rings is 1. The van der Waals surface area contributed by atoms with Crippen LogP contribution in [0.25, 0.3) is 10.8 Å². The van der Waals surface area contributed by atoms with Gasteiger partial charge in [-0.2, -0.15) is 13.2 Å². The molecule has 1 aliphatic carbocycles. The van der Waals surface area contributed by atoms with Crippen molar-refractivity contribution in [2.45, 2.75) is 71.0 Å². The van der Waals surface area contributed by atoms with Crippen LogP contribution < -0.4 is 4.74 Å². The number of hydrogen-bond donors (Lipinski definition) is 1. The number of hydrogen-bond acceptors (Lipinski definition) is 4. The molecule has 0 saturated heterocycles. The van der Waals surface area contributed by atoms with Crippen LogP contribution in [0.15, 0.2) is 72.8 Å². The van der Waals surface area contributed by atoms with E-state index in [1.807, 2.05) is 42.5 Å². The average molecular weight is 619 g/mol. The smallest absolute Gasteiger partial charge is 0.416 e. The zero-order chi connectivity index (χ0) is 32.4. The summed E-state index contributed by atoms with van der Waals surface area (Å²) in [5.74, 6) is -0.223. The number of carboxylic acid groups (broad SMARTS) is 1. The number of halogens is 3. The fourth-order valence-electron chi connectivity index (χ4n) is 5.86. The van der Waals surface area contributed by atoms with Crippen molar-refractivity contribution in [2.75, 3.05) is 6.54 Å². The molecule has 5 rings (SSSR count). The van der Waals surface area contributed by atoms with Crippen LogP contribution in [0.2, 0.25) is 0 Å². The summed E-state index contributed by atoms with van der Waals surface area (Å²) < 4.78 is 46.1. The highest BCUT2D eigenvalue weighted by Gasteiger charge is 2.31. The lowest BCUT2D eigenvalue weighted by Gasteiger charge is -2.22. The van der Waals surface area contributed by atoms with Gasteiger partial charge in [-0.1, -0.05) is 76.8 Å². The Morgan fingerprint density at radius 2 is 1.60 bits per heavy atom. The summed E-state index contributed by atoms with van der Waals surface area (Å²) >= 11 is 0. The SMILES string of the molecule is CC(C)(C)c1ccc(Oc2ccc3cc(C(=O)N(CC(=O)O)Cc4cccc(C(F)(F)F)c4)nc(CC4CCCC4)c3c2)cc1. The van der Waals surface area contributed by atoms with E-state index in [-0.39, 0.29) is 23.2 Å². The molecule has 1 aromatic heterocycles. The van der Waals surface area contributed by atoms with E-state index in [0.717, 1.165) is 53.5 Å². The maximum Gasteiger partial charge on any atom is 0.416 e. The summed E-state index contributed by atoms with van der Waals surface area (Å²) in [4.78, 5) is 31.3. The van der Waals surface area contributed by atoms with Crippen molar-refractivity contribution in [1.82, 2.24) is 9.88 Å². The number of benzene rings is 3. The lowest BCUT2D eigenvalue weighted by molar-refractivity contribution is -0.139. The molecular weight excluding hydrogens is 581 g/mol. The Labute approximate surface area is 260 Å². The highest BCUT2D eigenvalue weighted by Crippen LogP contribution is 2.34. The van der Waals surface area contributed by atoms with Gasteiger partial charge in [0, 0.05) is 17.6 Å². The molecule has 6 nitrogen and oxygen atoms in total. The van der Waals surface area contributed by atoms with E-state index < -0.39 is 30.2 Å². The van der Waals surface area contributed by atoms with Crippen molar-refractivity contribution < 1.29 is 32.6 Å². The van der Waals surface area contributed by atoms with Crippen LogP contribution in [-0.4, -0.2) is 33.4 Å². The van der Waals surface area contributed by atoms with Crippen LogP contribution in [0.5, 0.6) is 11.5 Å². The Hall–Kier alpha value is -4.40.